The summed E-state index contributed by atoms with van der Waals surface area (Å²) in [7, 11) is -2.00. The van der Waals surface area contributed by atoms with Crippen LogP contribution in [0.3, 0.4) is 0 Å². The smallest absolute Gasteiger partial charge is 0.240 e. The van der Waals surface area contributed by atoms with Gasteiger partial charge in [-0.1, -0.05) is 6.07 Å². The molecule has 0 saturated heterocycles. The second-order valence-corrected chi connectivity index (χ2v) is 6.89. The van der Waals surface area contributed by atoms with Crippen molar-refractivity contribution in [3.8, 4) is 5.75 Å². The summed E-state index contributed by atoms with van der Waals surface area (Å²) in [5.41, 5.74) is 1.63. The zero-order valence-corrected chi connectivity index (χ0v) is 13.7. The molecule has 22 heavy (non-hydrogen) atoms. The third-order valence-corrected chi connectivity index (χ3v) is 4.86. The van der Waals surface area contributed by atoms with E-state index in [0.717, 1.165) is 11.3 Å². The molecule has 1 heterocycles. The lowest BCUT2D eigenvalue weighted by atomic mass is 10.2. The molecule has 0 aliphatic heterocycles. The highest BCUT2D eigenvalue weighted by Gasteiger charge is 2.18. The van der Waals surface area contributed by atoms with Crippen LogP contribution in [-0.2, 0) is 16.4 Å². The van der Waals surface area contributed by atoms with E-state index in [1.54, 1.807) is 31.5 Å². The first kappa shape index (κ1) is 16.5. The van der Waals surface area contributed by atoms with Crippen molar-refractivity contribution in [2.45, 2.75) is 31.2 Å². The van der Waals surface area contributed by atoms with Crippen LogP contribution >= 0.6 is 0 Å². The summed E-state index contributed by atoms with van der Waals surface area (Å²) in [6.07, 6.45) is 2.23. The van der Waals surface area contributed by atoms with Gasteiger partial charge in [-0.15, -0.1) is 0 Å². The molecule has 1 aromatic heterocycles. The lowest BCUT2D eigenvalue weighted by Crippen LogP contribution is -2.34. The van der Waals surface area contributed by atoms with Crippen molar-refractivity contribution < 1.29 is 13.2 Å². The molecule has 2 rings (SSSR count). The number of aryl methyl sites for hydroxylation is 1. The molecule has 0 fully saturated rings. The predicted octanol–water partition coefficient (Wildman–Crippen LogP) is 2.31. The monoisotopic (exact) mass is 320 g/mol. The molecule has 2 aromatic rings. The predicted molar refractivity (Wildman–Crippen MR) is 85.5 cm³/mol. The molecule has 118 valence electrons. The first-order valence-electron chi connectivity index (χ1n) is 6.99. The Bertz CT molecular complexity index is 730. The SMILES string of the molecule is COc1ccc(S(=O)(=O)N[C@H](C)Cc2ccccn2)cc1C. The maximum atomic E-state index is 12.4. The van der Waals surface area contributed by atoms with Crippen molar-refractivity contribution in [2.75, 3.05) is 7.11 Å². The molecule has 0 bridgehead atoms. The maximum absolute atomic E-state index is 12.4. The van der Waals surface area contributed by atoms with Gasteiger partial charge >= 0.3 is 0 Å². The molecule has 0 spiro atoms. The summed E-state index contributed by atoms with van der Waals surface area (Å²) in [6, 6.07) is 10.2. The van der Waals surface area contributed by atoms with E-state index in [1.807, 2.05) is 32.0 Å². The van der Waals surface area contributed by atoms with Crippen molar-refractivity contribution in [1.82, 2.24) is 9.71 Å². The van der Waals surface area contributed by atoms with E-state index in [0.29, 0.717) is 12.2 Å². The van der Waals surface area contributed by atoms with Gasteiger partial charge in [0.1, 0.15) is 5.75 Å². The number of sulfonamides is 1. The molecule has 0 aliphatic rings. The molecule has 1 aromatic carbocycles. The zero-order chi connectivity index (χ0) is 16.2. The van der Waals surface area contributed by atoms with Gasteiger partial charge in [0.25, 0.3) is 0 Å². The molecular formula is C16H20N2O3S. The van der Waals surface area contributed by atoms with Gasteiger partial charge in [0.2, 0.25) is 10.0 Å². The number of aromatic nitrogens is 1. The van der Waals surface area contributed by atoms with Crippen LogP contribution < -0.4 is 9.46 Å². The number of hydrogen-bond donors (Lipinski definition) is 1. The summed E-state index contributed by atoms with van der Waals surface area (Å²) in [6.45, 7) is 3.64. The normalized spacial score (nSPS) is 12.9. The summed E-state index contributed by atoms with van der Waals surface area (Å²) >= 11 is 0. The Kier molecular flexibility index (Phi) is 5.15. The van der Waals surface area contributed by atoms with E-state index in [1.165, 1.54) is 0 Å². The van der Waals surface area contributed by atoms with Gasteiger partial charge in [-0.2, -0.15) is 0 Å². The molecule has 0 unspecified atom stereocenters. The van der Waals surface area contributed by atoms with Gasteiger partial charge in [0, 0.05) is 24.4 Å². The number of benzene rings is 1. The van der Waals surface area contributed by atoms with E-state index < -0.39 is 10.0 Å². The number of nitrogens with zero attached hydrogens (tertiary/aromatic N) is 1. The summed E-state index contributed by atoms with van der Waals surface area (Å²) in [5.74, 6) is 0.667. The molecule has 1 N–H and O–H groups in total. The molecule has 5 nitrogen and oxygen atoms in total. The number of pyridine rings is 1. The lowest BCUT2D eigenvalue weighted by Gasteiger charge is -2.15. The van der Waals surface area contributed by atoms with Gasteiger partial charge in [-0.3, -0.25) is 4.98 Å². The van der Waals surface area contributed by atoms with Crippen LogP contribution in [0.25, 0.3) is 0 Å². The highest BCUT2D eigenvalue weighted by Crippen LogP contribution is 2.21. The van der Waals surface area contributed by atoms with Gasteiger partial charge in [0.15, 0.2) is 0 Å². The maximum Gasteiger partial charge on any atom is 0.240 e. The first-order valence-corrected chi connectivity index (χ1v) is 8.47. The quantitative estimate of drug-likeness (QED) is 0.887. The molecule has 0 saturated carbocycles. The largest absolute Gasteiger partial charge is 0.496 e. The van der Waals surface area contributed by atoms with Crippen molar-refractivity contribution in [3.05, 3.63) is 53.9 Å². The summed E-state index contributed by atoms with van der Waals surface area (Å²) in [4.78, 5) is 4.44. The van der Waals surface area contributed by atoms with E-state index in [9.17, 15) is 8.42 Å². The van der Waals surface area contributed by atoms with Crippen LogP contribution in [0.5, 0.6) is 5.75 Å². The van der Waals surface area contributed by atoms with Crippen molar-refractivity contribution in [3.63, 3.8) is 0 Å². The van der Waals surface area contributed by atoms with E-state index in [2.05, 4.69) is 9.71 Å². The summed E-state index contributed by atoms with van der Waals surface area (Å²) in [5, 5.41) is 0. The highest BCUT2D eigenvalue weighted by atomic mass is 32.2. The second kappa shape index (κ2) is 6.89. The Labute approximate surface area is 131 Å². The van der Waals surface area contributed by atoms with Crippen molar-refractivity contribution in [1.29, 1.82) is 0 Å². The van der Waals surface area contributed by atoms with Crippen LogP contribution in [-0.4, -0.2) is 26.6 Å². The minimum absolute atomic E-state index is 0.235. The van der Waals surface area contributed by atoms with Crippen LogP contribution in [0, 0.1) is 6.92 Å². The van der Waals surface area contributed by atoms with Crippen molar-refractivity contribution in [2.24, 2.45) is 0 Å². The van der Waals surface area contributed by atoms with Crippen LogP contribution in [0.4, 0.5) is 0 Å². The van der Waals surface area contributed by atoms with Crippen molar-refractivity contribution >= 4 is 10.0 Å². The number of hydrogen-bond acceptors (Lipinski definition) is 4. The Morgan fingerprint density at radius 2 is 2.05 bits per heavy atom. The van der Waals surface area contributed by atoms with Gasteiger partial charge in [-0.05, 0) is 49.7 Å². The molecule has 0 aliphatic carbocycles. The molecule has 0 amide bonds. The first-order chi connectivity index (χ1) is 10.4. The lowest BCUT2D eigenvalue weighted by molar-refractivity contribution is 0.411. The number of ether oxygens (including phenoxy) is 1. The average molecular weight is 320 g/mol. The third kappa shape index (κ3) is 4.05. The number of rotatable bonds is 6. The van der Waals surface area contributed by atoms with E-state index in [-0.39, 0.29) is 10.9 Å². The fraction of sp³-hybridized carbons (Fsp3) is 0.312. The molecule has 0 radical (unpaired) electrons. The number of nitrogens with one attached hydrogen (secondary N) is 1. The number of methoxy groups -OCH3 is 1. The Morgan fingerprint density at radius 1 is 1.27 bits per heavy atom. The van der Waals surface area contributed by atoms with Gasteiger partial charge < -0.3 is 4.74 Å². The fourth-order valence-corrected chi connectivity index (χ4v) is 3.55. The molecule has 6 heteroatoms. The highest BCUT2D eigenvalue weighted by molar-refractivity contribution is 7.89. The molecule has 1 atom stereocenters. The zero-order valence-electron chi connectivity index (χ0n) is 12.9. The van der Waals surface area contributed by atoms with E-state index >= 15 is 0 Å². The molecular weight excluding hydrogens is 300 g/mol. The fourth-order valence-electron chi connectivity index (χ4n) is 2.23. The second-order valence-electron chi connectivity index (χ2n) is 5.18. The third-order valence-electron chi connectivity index (χ3n) is 3.27. The van der Waals surface area contributed by atoms with Crippen LogP contribution in [0.1, 0.15) is 18.2 Å². The Morgan fingerprint density at radius 3 is 2.64 bits per heavy atom. The van der Waals surface area contributed by atoms with Crippen LogP contribution in [0.15, 0.2) is 47.5 Å². The average Bonchev–Trinajstić information content (AvgIpc) is 2.47. The Hall–Kier alpha value is -1.92. The Balaban J connectivity index is 2.12. The van der Waals surface area contributed by atoms with Gasteiger partial charge in [-0.25, -0.2) is 13.1 Å². The van der Waals surface area contributed by atoms with Crippen LogP contribution in [0.2, 0.25) is 0 Å². The summed E-state index contributed by atoms with van der Waals surface area (Å²) < 4.78 is 32.7. The topological polar surface area (TPSA) is 68.3 Å². The van der Waals surface area contributed by atoms with E-state index in [4.69, 9.17) is 4.74 Å². The standard InChI is InChI=1S/C16H20N2O3S/c1-12-10-15(7-8-16(12)21-3)22(19,20)18-13(2)11-14-6-4-5-9-17-14/h4-10,13,18H,11H2,1-3H3/t13-/m1/s1. The van der Waals surface area contributed by atoms with Gasteiger partial charge in [0.05, 0.1) is 12.0 Å². The minimum Gasteiger partial charge on any atom is -0.496 e. The minimum atomic E-state index is -3.56.